The van der Waals surface area contributed by atoms with Crippen LogP contribution in [0, 0.1) is 0 Å². The Kier molecular flexibility index (Phi) is 4.74. The topological polar surface area (TPSA) is 128 Å². The summed E-state index contributed by atoms with van der Waals surface area (Å²) in [6.45, 7) is 0.149. The van der Waals surface area contributed by atoms with E-state index in [1.165, 1.54) is 6.33 Å². The van der Waals surface area contributed by atoms with Gasteiger partial charge in [0.1, 0.15) is 11.5 Å². The number of nitrogens with zero attached hydrogens (tertiary/aromatic N) is 2. The zero-order chi connectivity index (χ0) is 16.1. The average Bonchev–Trinajstić information content (AvgIpc) is 2.91. The third kappa shape index (κ3) is 3.61. The summed E-state index contributed by atoms with van der Waals surface area (Å²) in [6, 6.07) is 3.32. The maximum Gasteiger partial charge on any atom is 0.338 e. The maximum absolute atomic E-state index is 11.2. The number of rotatable bonds is 6. The summed E-state index contributed by atoms with van der Waals surface area (Å²) in [5.41, 5.74) is 0.0174. The first kappa shape index (κ1) is 15.5. The van der Waals surface area contributed by atoms with Crippen molar-refractivity contribution in [3.05, 3.63) is 47.1 Å². The van der Waals surface area contributed by atoms with Crippen LogP contribution in [0.3, 0.4) is 0 Å². The van der Waals surface area contributed by atoms with Gasteiger partial charge in [0.15, 0.2) is 0 Å². The van der Waals surface area contributed by atoms with Crippen molar-refractivity contribution in [1.82, 2.24) is 15.0 Å². The Morgan fingerprint density at radius 3 is 2.77 bits per heavy atom. The maximum atomic E-state index is 11.2. The predicted octanol–water partition coefficient (Wildman–Crippen LogP) is 1.62. The fourth-order valence-electron chi connectivity index (χ4n) is 1.73. The number of hydrogen-bond donors (Lipinski definition) is 4. The summed E-state index contributed by atoms with van der Waals surface area (Å²) in [5.74, 6) is -2.33. The predicted molar refractivity (Wildman–Crippen MR) is 78.4 cm³/mol. The molecule has 0 spiro atoms. The highest BCUT2D eigenvalue weighted by Gasteiger charge is 2.19. The van der Waals surface area contributed by atoms with Gasteiger partial charge in [-0.15, -0.1) is 0 Å². The van der Waals surface area contributed by atoms with Crippen molar-refractivity contribution in [1.29, 1.82) is 0 Å². The third-order valence-electron chi connectivity index (χ3n) is 2.66. The number of carboxylic acids is 2. The molecule has 0 bridgehead atoms. The average molecular weight is 323 g/mol. The van der Waals surface area contributed by atoms with Crippen LogP contribution in [0.5, 0.6) is 0 Å². The Morgan fingerprint density at radius 2 is 2.14 bits per heavy atom. The highest BCUT2D eigenvalue weighted by Crippen LogP contribution is 2.20. The first-order valence-corrected chi connectivity index (χ1v) is 6.41. The number of carbonyl (C=O) groups is 2. The van der Waals surface area contributed by atoms with Crippen molar-refractivity contribution in [3.8, 4) is 0 Å². The molecule has 0 saturated heterocycles. The Morgan fingerprint density at radius 1 is 1.36 bits per heavy atom. The van der Waals surface area contributed by atoms with Gasteiger partial charge in [-0.1, -0.05) is 11.6 Å². The van der Waals surface area contributed by atoms with Gasteiger partial charge in [0.2, 0.25) is 0 Å². The van der Waals surface area contributed by atoms with E-state index in [4.69, 9.17) is 21.8 Å². The van der Waals surface area contributed by atoms with E-state index in [0.717, 1.165) is 0 Å². The van der Waals surface area contributed by atoms with Gasteiger partial charge in [0.05, 0.1) is 29.2 Å². The van der Waals surface area contributed by atoms with Gasteiger partial charge < -0.3 is 20.5 Å². The van der Waals surface area contributed by atoms with E-state index < -0.39 is 17.5 Å². The Hall–Kier alpha value is -2.87. The molecule has 114 valence electrons. The summed E-state index contributed by atoms with van der Waals surface area (Å²) in [4.78, 5) is 32.6. The van der Waals surface area contributed by atoms with Crippen molar-refractivity contribution in [2.75, 3.05) is 5.32 Å². The number of nitrogens with one attached hydrogen (secondary N) is 2. The van der Waals surface area contributed by atoms with Crippen LogP contribution in [-0.2, 0) is 16.1 Å². The molecule has 2 rings (SSSR count). The molecule has 8 nitrogen and oxygen atoms in total. The van der Waals surface area contributed by atoms with Crippen molar-refractivity contribution < 1.29 is 19.8 Å². The summed E-state index contributed by atoms with van der Waals surface area (Å²) < 4.78 is 0. The zero-order valence-corrected chi connectivity index (χ0v) is 11.8. The van der Waals surface area contributed by atoms with Gasteiger partial charge in [-0.05, 0) is 12.1 Å². The van der Waals surface area contributed by atoms with Gasteiger partial charge in [-0.25, -0.2) is 19.6 Å². The standard InChI is InChI=1S/C13H11ClN4O4/c14-8-2-1-3-15-12(8)16-5-9-11(18-6-17-9)7(13(21)22)4-10(19)20/h1-4,6H,5H2,(H,15,16)(H,17,18)(H,19,20)(H,21,22)/b7-4+. The van der Waals surface area contributed by atoms with Crippen molar-refractivity contribution >= 4 is 34.9 Å². The van der Waals surface area contributed by atoms with E-state index in [1.807, 2.05) is 0 Å². The molecule has 2 aromatic heterocycles. The third-order valence-corrected chi connectivity index (χ3v) is 2.97. The number of H-pyrrole nitrogens is 1. The van der Waals surface area contributed by atoms with E-state index in [-0.39, 0.29) is 12.2 Å². The highest BCUT2D eigenvalue weighted by atomic mass is 35.5. The Labute approximate surface area is 129 Å². The lowest BCUT2D eigenvalue weighted by atomic mass is 10.1. The van der Waals surface area contributed by atoms with Crippen LogP contribution in [-0.4, -0.2) is 37.1 Å². The quantitative estimate of drug-likeness (QED) is 0.595. The van der Waals surface area contributed by atoms with E-state index in [0.29, 0.717) is 22.6 Å². The number of aromatic amines is 1. The number of halogens is 1. The fourth-order valence-corrected chi connectivity index (χ4v) is 1.92. The van der Waals surface area contributed by atoms with Crippen molar-refractivity contribution in [2.24, 2.45) is 0 Å². The fraction of sp³-hybridized carbons (Fsp3) is 0.0769. The second-order valence-electron chi connectivity index (χ2n) is 4.12. The summed E-state index contributed by atoms with van der Waals surface area (Å²) >= 11 is 5.95. The van der Waals surface area contributed by atoms with E-state index >= 15 is 0 Å². The molecule has 22 heavy (non-hydrogen) atoms. The molecule has 9 heteroatoms. The number of hydrogen-bond acceptors (Lipinski definition) is 5. The van der Waals surface area contributed by atoms with Crippen LogP contribution >= 0.6 is 11.6 Å². The number of carboxylic acid groups (broad SMARTS) is 2. The molecule has 0 atom stereocenters. The highest BCUT2D eigenvalue weighted by molar-refractivity contribution is 6.32. The first-order valence-electron chi connectivity index (χ1n) is 6.04. The molecule has 0 amide bonds. The number of imidazole rings is 1. The molecule has 0 aliphatic rings. The minimum Gasteiger partial charge on any atom is -0.478 e. The van der Waals surface area contributed by atoms with E-state index in [2.05, 4.69) is 20.3 Å². The van der Waals surface area contributed by atoms with Gasteiger partial charge in [-0.3, -0.25) is 0 Å². The second kappa shape index (κ2) is 6.72. The minimum atomic E-state index is -1.38. The molecule has 0 saturated carbocycles. The molecule has 0 unspecified atom stereocenters. The normalized spacial score (nSPS) is 11.2. The summed E-state index contributed by atoms with van der Waals surface area (Å²) in [7, 11) is 0. The largest absolute Gasteiger partial charge is 0.478 e. The van der Waals surface area contributed by atoms with Gasteiger partial charge in [0, 0.05) is 12.3 Å². The van der Waals surface area contributed by atoms with Crippen molar-refractivity contribution in [3.63, 3.8) is 0 Å². The molecular weight excluding hydrogens is 312 g/mol. The van der Waals surface area contributed by atoms with Gasteiger partial charge in [0.25, 0.3) is 0 Å². The smallest absolute Gasteiger partial charge is 0.338 e. The van der Waals surface area contributed by atoms with Crippen LogP contribution in [0.2, 0.25) is 5.02 Å². The van der Waals surface area contributed by atoms with Crippen LogP contribution in [0.4, 0.5) is 5.82 Å². The molecule has 0 aromatic carbocycles. The van der Waals surface area contributed by atoms with Crippen LogP contribution in [0.15, 0.2) is 30.7 Å². The lowest BCUT2D eigenvalue weighted by Crippen LogP contribution is -2.09. The Balaban J connectivity index is 2.24. The molecule has 2 heterocycles. The number of aromatic nitrogens is 3. The minimum absolute atomic E-state index is 0.0365. The van der Waals surface area contributed by atoms with Gasteiger partial charge in [-0.2, -0.15) is 0 Å². The number of anilines is 1. The van der Waals surface area contributed by atoms with Gasteiger partial charge >= 0.3 is 11.9 Å². The second-order valence-corrected chi connectivity index (χ2v) is 4.53. The van der Waals surface area contributed by atoms with E-state index in [1.54, 1.807) is 18.3 Å². The van der Waals surface area contributed by atoms with E-state index in [9.17, 15) is 9.59 Å². The summed E-state index contributed by atoms with van der Waals surface area (Å²) in [5, 5.41) is 21.2. The molecule has 0 aliphatic heterocycles. The molecule has 2 aromatic rings. The molecule has 0 fully saturated rings. The zero-order valence-electron chi connectivity index (χ0n) is 11.1. The monoisotopic (exact) mass is 322 g/mol. The number of pyridine rings is 1. The number of aliphatic carboxylic acids is 2. The lowest BCUT2D eigenvalue weighted by molar-refractivity contribution is -0.133. The summed E-state index contributed by atoms with van der Waals surface area (Å²) in [6.07, 6.45) is 3.43. The first-order chi connectivity index (χ1) is 10.5. The molecular formula is C13H11ClN4O4. The van der Waals surface area contributed by atoms with Crippen LogP contribution in [0.1, 0.15) is 11.4 Å². The molecule has 0 radical (unpaired) electrons. The SMILES string of the molecule is O=C(O)/C=C(/C(=O)O)c1nc[nH]c1CNc1ncccc1Cl. The molecule has 4 N–H and O–H groups in total. The molecule has 0 aliphatic carbocycles. The van der Waals surface area contributed by atoms with Crippen LogP contribution < -0.4 is 5.32 Å². The lowest BCUT2D eigenvalue weighted by Gasteiger charge is -2.07. The van der Waals surface area contributed by atoms with Crippen molar-refractivity contribution in [2.45, 2.75) is 6.54 Å². The van der Waals surface area contributed by atoms with Crippen LogP contribution in [0.25, 0.3) is 5.57 Å². The Bertz CT molecular complexity index is 741.